The maximum Gasteiger partial charge on any atom is 0.255 e. The third-order valence-electron chi connectivity index (χ3n) is 2.57. The molecule has 2 aromatic rings. The van der Waals surface area contributed by atoms with Crippen molar-refractivity contribution in [1.82, 2.24) is 0 Å². The number of hydrogen-bond acceptors (Lipinski definition) is 2. The normalized spacial score (nSPS) is 10.4. The van der Waals surface area contributed by atoms with Gasteiger partial charge in [-0.3, -0.25) is 4.79 Å². The van der Waals surface area contributed by atoms with Crippen molar-refractivity contribution in [2.24, 2.45) is 0 Å². The zero-order valence-electron chi connectivity index (χ0n) is 11.4. The molecular formula is C16H16BrNO2. The Morgan fingerprint density at radius 2 is 1.85 bits per heavy atom. The first-order valence-electron chi connectivity index (χ1n) is 6.38. The molecule has 0 heterocycles. The van der Waals surface area contributed by atoms with Gasteiger partial charge in [0.25, 0.3) is 5.91 Å². The van der Waals surface area contributed by atoms with Crippen LogP contribution < -0.4 is 10.1 Å². The lowest BCUT2D eigenvalue weighted by molar-refractivity contribution is 0.102. The number of amides is 1. The van der Waals surface area contributed by atoms with Gasteiger partial charge in [0, 0.05) is 15.7 Å². The molecule has 2 rings (SSSR count). The molecule has 0 aliphatic heterocycles. The van der Waals surface area contributed by atoms with Crippen LogP contribution in [0.15, 0.2) is 53.0 Å². The summed E-state index contributed by atoms with van der Waals surface area (Å²) in [6.45, 7) is 3.93. The predicted molar refractivity (Wildman–Crippen MR) is 84.3 cm³/mol. The molecule has 1 N–H and O–H groups in total. The average molecular weight is 334 g/mol. The highest BCUT2D eigenvalue weighted by Gasteiger charge is 2.07. The van der Waals surface area contributed by atoms with E-state index in [2.05, 4.69) is 21.2 Å². The third-order valence-corrected chi connectivity index (χ3v) is 3.06. The first-order chi connectivity index (χ1) is 9.54. The lowest BCUT2D eigenvalue weighted by atomic mass is 10.2. The minimum atomic E-state index is -0.140. The molecule has 0 unspecified atom stereocenters. The van der Waals surface area contributed by atoms with Gasteiger partial charge in [-0.15, -0.1) is 0 Å². The van der Waals surface area contributed by atoms with E-state index < -0.39 is 0 Å². The quantitative estimate of drug-likeness (QED) is 0.895. The maximum atomic E-state index is 12.1. The lowest BCUT2D eigenvalue weighted by Crippen LogP contribution is -2.12. The topological polar surface area (TPSA) is 38.3 Å². The van der Waals surface area contributed by atoms with Gasteiger partial charge in [-0.05, 0) is 56.3 Å². The van der Waals surface area contributed by atoms with E-state index in [-0.39, 0.29) is 12.0 Å². The first-order valence-corrected chi connectivity index (χ1v) is 7.17. The second kappa shape index (κ2) is 6.57. The number of rotatable bonds is 4. The van der Waals surface area contributed by atoms with E-state index in [1.54, 1.807) is 24.3 Å². The standard InChI is InChI=1S/C16H16BrNO2/c1-11(2)20-15-8-6-12(7-9-15)16(19)18-14-5-3-4-13(17)10-14/h3-11H,1-2H3,(H,18,19). The number of halogens is 1. The number of ether oxygens (including phenoxy) is 1. The van der Waals surface area contributed by atoms with Crippen LogP contribution in [0.5, 0.6) is 5.75 Å². The lowest BCUT2D eigenvalue weighted by Gasteiger charge is -2.10. The molecule has 3 nitrogen and oxygen atoms in total. The van der Waals surface area contributed by atoms with Crippen molar-refractivity contribution in [3.8, 4) is 5.75 Å². The zero-order valence-corrected chi connectivity index (χ0v) is 13.0. The van der Waals surface area contributed by atoms with Gasteiger partial charge in [-0.2, -0.15) is 0 Å². The Bertz CT molecular complexity index is 594. The van der Waals surface area contributed by atoms with E-state index in [4.69, 9.17) is 4.74 Å². The van der Waals surface area contributed by atoms with Crippen LogP contribution in [0.25, 0.3) is 0 Å². The summed E-state index contributed by atoms with van der Waals surface area (Å²) >= 11 is 3.37. The second-order valence-corrected chi connectivity index (χ2v) is 5.57. The van der Waals surface area contributed by atoms with E-state index in [0.717, 1.165) is 15.9 Å². The van der Waals surface area contributed by atoms with Crippen LogP contribution >= 0.6 is 15.9 Å². The second-order valence-electron chi connectivity index (χ2n) is 4.66. The van der Waals surface area contributed by atoms with Crippen LogP contribution in [0.4, 0.5) is 5.69 Å². The van der Waals surface area contributed by atoms with Crippen LogP contribution in [0, 0.1) is 0 Å². The van der Waals surface area contributed by atoms with Gasteiger partial charge in [0.1, 0.15) is 5.75 Å². The molecule has 0 atom stereocenters. The van der Waals surface area contributed by atoms with Gasteiger partial charge >= 0.3 is 0 Å². The van der Waals surface area contributed by atoms with Gasteiger partial charge in [-0.25, -0.2) is 0 Å². The summed E-state index contributed by atoms with van der Waals surface area (Å²) in [5.74, 6) is 0.623. The summed E-state index contributed by atoms with van der Waals surface area (Å²) in [6.07, 6.45) is 0.122. The molecule has 0 bridgehead atoms. The fourth-order valence-electron chi connectivity index (χ4n) is 1.73. The number of benzene rings is 2. The highest BCUT2D eigenvalue weighted by molar-refractivity contribution is 9.10. The Labute approximate surface area is 127 Å². The van der Waals surface area contributed by atoms with Crippen molar-refractivity contribution in [3.63, 3.8) is 0 Å². The molecule has 2 aromatic carbocycles. The van der Waals surface area contributed by atoms with Crippen molar-refractivity contribution in [1.29, 1.82) is 0 Å². The molecule has 0 aromatic heterocycles. The summed E-state index contributed by atoms with van der Waals surface area (Å²) < 4.78 is 6.47. The molecule has 0 radical (unpaired) electrons. The summed E-state index contributed by atoms with van der Waals surface area (Å²) in [5.41, 5.74) is 1.35. The molecule has 0 aliphatic carbocycles. The van der Waals surface area contributed by atoms with Crippen molar-refractivity contribution < 1.29 is 9.53 Å². The minimum absolute atomic E-state index is 0.122. The molecule has 1 amide bonds. The fourth-order valence-corrected chi connectivity index (χ4v) is 2.13. The van der Waals surface area contributed by atoms with E-state index in [1.165, 1.54) is 0 Å². The Morgan fingerprint density at radius 1 is 1.15 bits per heavy atom. The SMILES string of the molecule is CC(C)Oc1ccc(C(=O)Nc2cccc(Br)c2)cc1. The van der Waals surface area contributed by atoms with Gasteiger partial charge in [-0.1, -0.05) is 22.0 Å². The molecule has 0 saturated carbocycles. The molecule has 104 valence electrons. The number of hydrogen-bond donors (Lipinski definition) is 1. The first kappa shape index (κ1) is 14.6. The van der Waals surface area contributed by atoms with Crippen molar-refractivity contribution >= 4 is 27.5 Å². The number of carbonyl (C=O) groups excluding carboxylic acids is 1. The Morgan fingerprint density at radius 3 is 2.45 bits per heavy atom. The average Bonchev–Trinajstić information content (AvgIpc) is 2.38. The number of anilines is 1. The molecule has 4 heteroatoms. The molecule has 0 saturated heterocycles. The summed E-state index contributed by atoms with van der Waals surface area (Å²) in [4.78, 5) is 12.1. The minimum Gasteiger partial charge on any atom is -0.491 e. The van der Waals surface area contributed by atoms with Crippen LogP contribution in [0.1, 0.15) is 24.2 Å². The molecule has 0 fully saturated rings. The van der Waals surface area contributed by atoms with Crippen LogP contribution in [-0.4, -0.2) is 12.0 Å². The Kier molecular flexibility index (Phi) is 4.79. The van der Waals surface area contributed by atoms with Crippen LogP contribution in [-0.2, 0) is 0 Å². The van der Waals surface area contributed by atoms with Crippen molar-refractivity contribution in [2.75, 3.05) is 5.32 Å². The van der Waals surface area contributed by atoms with Gasteiger partial charge < -0.3 is 10.1 Å². The third kappa shape index (κ3) is 4.10. The largest absolute Gasteiger partial charge is 0.491 e. The van der Waals surface area contributed by atoms with Gasteiger partial charge in [0.15, 0.2) is 0 Å². The van der Waals surface area contributed by atoms with Crippen LogP contribution in [0.3, 0.4) is 0 Å². The smallest absolute Gasteiger partial charge is 0.255 e. The van der Waals surface area contributed by atoms with Gasteiger partial charge in [0.2, 0.25) is 0 Å². The summed E-state index contributed by atoms with van der Waals surface area (Å²) in [7, 11) is 0. The van der Waals surface area contributed by atoms with Gasteiger partial charge in [0.05, 0.1) is 6.10 Å². The zero-order chi connectivity index (χ0) is 14.5. The van der Waals surface area contributed by atoms with Crippen LogP contribution in [0.2, 0.25) is 0 Å². The molecular weight excluding hydrogens is 318 g/mol. The molecule has 0 aliphatic rings. The highest BCUT2D eigenvalue weighted by Crippen LogP contribution is 2.18. The monoisotopic (exact) mass is 333 g/mol. The maximum absolute atomic E-state index is 12.1. The van der Waals surface area contributed by atoms with E-state index in [9.17, 15) is 4.79 Å². The van der Waals surface area contributed by atoms with E-state index in [1.807, 2.05) is 38.1 Å². The van der Waals surface area contributed by atoms with E-state index >= 15 is 0 Å². The molecule has 20 heavy (non-hydrogen) atoms. The van der Waals surface area contributed by atoms with E-state index in [0.29, 0.717) is 5.56 Å². The summed E-state index contributed by atoms with van der Waals surface area (Å²) in [6, 6.07) is 14.6. The number of carbonyl (C=O) groups is 1. The Hall–Kier alpha value is -1.81. The molecule has 0 spiro atoms. The predicted octanol–water partition coefficient (Wildman–Crippen LogP) is 4.49. The van der Waals surface area contributed by atoms with Crippen molar-refractivity contribution in [2.45, 2.75) is 20.0 Å². The summed E-state index contributed by atoms with van der Waals surface area (Å²) in [5, 5.41) is 2.85. The number of nitrogens with one attached hydrogen (secondary N) is 1. The fraction of sp³-hybridized carbons (Fsp3) is 0.188. The highest BCUT2D eigenvalue weighted by atomic mass is 79.9. The van der Waals surface area contributed by atoms with Crippen molar-refractivity contribution in [3.05, 3.63) is 58.6 Å². The Balaban J connectivity index is 2.06.